The maximum absolute atomic E-state index is 9.62. The molecule has 0 heterocycles. The highest BCUT2D eigenvalue weighted by atomic mass is 16.5. The minimum atomic E-state index is -0.874. The zero-order valence-corrected chi connectivity index (χ0v) is 10.3. The van der Waals surface area contributed by atoms with Gasteiger partial charge in [-0.1, -0.05) is 11.6 Å². The van der Waals surface area contributed by atoms with Crippen LogP contribution in [0, 0.1) is 6.92 Å². The van der Waals surface area contributed by atoms with Crippen LogP contribution in [-0.2, 0) is 0 Å². The van der Waals surface area contributed by atoms with Gasteiger partial charge >= 0.3 is 0 Å². The van der Waals surface area contributed by atoms with E-state index in [4.69, 9.17) is 4.74 Å². The van der Waals surface area contributed by atoms with E-state index >= 15 is 0 Å². The van der Waals surface area contributed by atoms with Crippen LogP contribution >= 0.6 is 0 Å². The highest BCUT2D eigenvalue weighted by molar-refractivity contribution is 5.38. The van der Waals surface area contributed by atoms with Crippen LogP contribution in [0.3, 0.4) is 0 Å². The van der Waals surface area contributed by atoms with Gasteiger partial charge in [-0.2, -0.15) is 0 Å². The number of benzene rings is 1. The second-order valence-electron chi connectivity index (χ2n) is 4.82. The molecule has 1 rings (SSSR count). The monoisotopic (exact) mass is 224 g/mol. The van der Waals surface area contributed by atoms with Gasteiger partial charge in [-0.05, 0) is 39.8 Å². The molecule has 1 aromatic rings. The molecule has 0 amide bonds. The standard InChI is InChI=1S/C13H20O3/c1-9-5-6-12(11(7-9)10(2)14)16-8-13(3,4)15/h5-7,10,14-15H,8H2,1-4H3/t10-/m0/s1. The van der Waals surface area contributed by atoms with E-state index in [-0.39, 0.29) is 6.61 Å². The Morgan fingerprint density at radius 3 is 2.50 bits per heavy atom. The van der Waals surface area contributed by atoms with Crippen molar-refractivity contribution in [3.8, 4) is 5.75 Å². The normalized spacial score (nSPS) is 13.6. The molecule has 1 atom stereocenters. The molecule has 2 N–H and O–H groups in total. The van der Waals surface area contributed by atoms with Crippen LogP contribution in [0.15, 0.2) is 18.2 Å². The van der Waals surface area contributed by atoms with Gasteiger partial charge in [0.25, 0.3) is 0 Å². The van der Waals surface area contributed by atoms with Crippen LogP contribution in [0.1, 0.15) is 38.0 Å². The maximum Gasteiger partial charge on any atom is 0.125 e. The summed E-state index contributed by atoms with van der Waals surface area (Å²) in [5, 5.41) is 19.2. The van der Waals surface area contributed by atoms with E-state index in [0.29, 0.717) is 5.75 Å². The van der Waals surface area contributed by atoms with Gasteiger partial charge < -0.3 is 14.9 Å². The largest absolute Gasteiger partial charge is 0.490 e. The van der Waals surface area contributed by atoms with E-state index < -0.39 is 11.7 Å². The quantitative estimate of drug-likeness (QED) is 0.824. The van der Waals surface area contributed by atoms with Crippen LogP contribution in [0.4, 0.5) is 0 Å². The molecule has 3 heteroatoms. The topological polar surface area (TPSA) is 49.7 Å². The molecule has 0 saturated heterocycles. The Kier molecular flexibility index (Phi) is 3.94. The average Bonchev–Trinajstić information content (AvgIpc) is 2.14. The maximum atomic E-state index is 9.62. The van der Waals surface area contributed by atoms with Crippen LogP contribution in [-0.4, -0.2) is 22.4 Å². The van der Waals surface area contributed by atoms with Gasteiger partial charge in [0.05, 0.1) is 11.7 Å². The van der Waals surface area contributed by atoms with Crippen molar-refractivity contribution in [2.45, 2.75) is 39.4 Å². The smallest absolute Gasteiger partial charge is 0.125 e. The lowest BCUT2D eigenvalue weighted by molar-refractivity contribution is 0.0272. The predicted octanol–water partition coefficient (Wildman–Crippen LogP) is 2.20. The van der Waals surface area contributed by atoms with E-state index in [0.717, 1.165) is 11.1 Å². The summed E-state index contributed by atoms with van der Waals surface area (Å²) in [5.41, 5.74) is 0.955. The second kappa shape index (κ2) is 4.85. The summed E-state index contributed by atoms with van der Waals surface area (Å²) >= 11 is 0. The van der Waals surface area contributed by atoms with Gasteiger partial charge in [0, 0.05) is 5.56 Å². The Morgan fingerprint density at radius 1 is 1.38 bits per heavy atom. The molecule has 1 aromatic carbocycles. The van der Waals surface area contributed by atoms with Gasteiger partial charge in [-0.25, -0.2) is 0 Å². The van der Waals surface area contributed by atoms with Crippen molar-refractivity contribution in [3.05, 3.63) is 29.3 Å². The summed E-state index contributed by atoms with van der Waals surface area (Å²) in [4.78, 5) is 0. The van der Waals surface area contributed by atoms with Crippen molar-refractivity contribution in [3.63, 3.8) is 0 Å². The molecule has 0 bridgehead atoms. The first-order valence-corrected chi connectivity index (χ1v) is 5.43. The molecule has 16 heavy (non-hydrogen) atoms. The summed E-state index contributed by atoms with van der Waals surface area (Å²) < 4.78 is 5.51. The molecule has 0 unspecified atom stereocenters. The van der Waals surface area contributed by atoms with Gasteiger partial charge in [-0.3, -0.25) is 0 Å². The highest BCUT2D eigenvalue weighted by Gasteiger charge is 2.16. The van der Waals surface area contributed by atoms with E-state index in [9.17, 15) is 10.2 Å². The lowest BCUT2D eigenvalue weighted by Crippen LogP contribution is -2.28. The Bertz CT molecular complexity index is 351. The third kappa shape index (κ3) is 3.83. The number of rotatable bonds is 4. The number of ether oxygens (including phenoxy) is 1. The fourth-order valence-corrected chi connectivity index (χ4v) is 1.38. The number of aliphatic hydroxyl groups is 2. The predicted molar refractivity (Wildman–Crippen MR) is 63.6 cm³/mol. The molecular formula is C13H20O3. The summed E-state index contributed by atoms with van der Waals surface area (Å²) in [6.07, 6.45) is -0.572. The highest BCUT2D eigenvalue weighted by Crippen LogP contribution is 2.26. The fourth-order valence-electron chi connectivity index (χ4n) is 1.38. The van der Waals surface area contributed by atoms with E-state index in [1.165, 1.54) is 0 Å². The Labute approximate surface area is 96.7 Å². The minimum absolute atomic E-state index is 0.204. The lowest BCUT2D eigenvalue weighted by Gasteiger charge is -2.20. The first-order valence-electron chi connectivity index (χ1n) is 5.43. The summed E-state index contributed by atoms with van der Waals surface area (Å²) in [6.45, 7) is 7.24. The fraction of sp³-hybridized carbons (Fsp3) is 0.538. The summed E-state index contributed by atoms with van der Waals surface area (Å²) in [5.74, 6) is 0.628. The third-order valence-electron chi connectivity index (χ3n) is 2.20. The van der Waals surface area contributed by atoms with Gasteiger partial charge in [0.15, 0.2) is 0 Å². The number of hydrogen-bond acceptors (Lipinski definition) is 3. The zero-order valence-electron chi connectivity index (χ0n) is 10.3. The second-order valence-corrected chi connectivity index (χ2v) is 4.82. The van der Waals surface area contributed by atoms with E-state index in [1.54, 1.807) is 20.8 Å². The van der Waals surface area contributed by atoms with Crippen LogP contribution in [0.25, 0.3) is 0 Å². The van der Waals surface area contributed by atoms with Crippen LogP contribution in [0.2, 0.25) is 0 Å². The zero-order chi connectivity index (χ0) is 12.3. The number of aliphatic hydroxyl groups excluding tert-OH is 1. The SMILES string of the molecule is Cc1ccc(OCC(C)(C)O)c([C@H](C)O)c1. The first kappa shape index (κ1) is 13.0. The van der Waals surface area contributed by atoms with E-state index in [1.807, 2.05) is 25.1 Å². The summed E-state index contributed by atoms with van der Waals surface area (Å²) in [7, 11) is 0. The van der Waals surface area contributed by atoms with Crippen molar-refractivity contribution in [1.82, 2.24) is 0 Å². The van der Waals surface area contributed by atoms with Crippen molar-refractivity contribution in [2.24, 2.45) is 0 Å². The average molecular weight is 224 g/mol. The molecule has 0 fully saturated rings. The van der Waals surface area contributed by atoms with Crippen LogP contribution < -0.4 is 4.74 Å². The number of aryl methyl sites for hydroxylation is 1. The van der Waals surface area contributed by atoms with Crippen LogP contribution in [0.5, 0.6) is 5.75 Å². The molecular weight excluding hydrogens is 204 g/mol. The van der Waals surface area contributed by atoms with Crippen molar-refractivity contribution >= 4 is 0 Å². The molecule has 0 saturated carbocycles. The molecule has 0 aliphatic carbocycles. The molecule has 0 spiro atoms. The molecule has 0 aliphatic heterocycles. The molecule has 90 valence electrons. The van der Waals surface area contributed by atoms with Gasteiger partial charge in [0.2, 0.25) is 0 Å². The Balaban J connectivity index is 2.87. The molecule has 3 nitrogen and oxygen atoms in total. The number of hydrogen-bond donors (Lipinski definition) is 2. The first-order chi connectivity index (χ1) is 7.29. The Hall–Kier alpha value is -1.06. The molecule has 0 radical (unpaired) electrons. The third-order valence-corrected chi connectivity index (χ3v) is 2.20. The van der Waals surface area contributed by atoms with Crippen molar-refractivity contribution < 1.29 is 14.9 Å². The molecule has 0 aliphatic rings. The Morgan fingerprint density at radius 2 is 2.00 bits per heavy atom. The van der Waals surface area contributed by atoms with Gasteiger partial charge in [-0.15, -0.1) is 0 Å². The van der Waals surface area contributed by atoms with Crippen molar-refractivity contribution in [2.75, 3.05) is 6.61 Å². The van der Waals surface area contributed by atoms with Gasteiger partial charge in [0.1, 0.15) is 12.4 Å². The summed E-state index contributed by atoms with van der Waals surface area (Å²) in [6, 6.07) is 5.64. The van der Waals surface area contributed by atoms with E-state index in [2.05, 4.69) is 0 Å². The van der Waals surface area contributed by atoms with Crippen molar-refractivity contribution in [1.29, 1.82) is 0 Å². The lowest BCUT2D eigenvalue weighted by atomic mass is 10.1. The minimum Gasteiger partial charge on any atom is -0.490 e. The molecule has 0 aromatic heterocycles.